The number of hydrogen-bond acceptors (Lipinski definition) is 5. The molecule has 1 N–H and O–H groups in total. The number of nitrogens with one attached hydrogen (secondary N) is 1. The molecule has 1 aliphatic heterocycles. The lowest BCUT2D eigenvalue weighted by atomic mass is 10.1. The van der Waals surface area contributed by atoms with Crippen LogP contribution in [0, 0.1) is 23.4 Å². The normalized spacial score (nSPS) is 17.0. The summed E-state index contributed by atoms with van der Waals surface area (Å²) in [5, 5.41) is -0.0878. The zero-order valence-corrected chi connectivity index (χ0v) is 20.5. The maximum absolute atomic E-state index is 14.7. The number of anilines is 1. The van der Waals surface area contributed by atoms with Crippen LogP contribution in [0.1, 0.15) is 55.3 Å². The lowest BCUT2D eigenvalue weighted by molar-refractivity contribution is 0.0977. The Balaban J connectivity index is 1.51. The number of carbonyl (C=O) groups is 1. The Morgan fingerprint density at radius 3 is 2.23 bits per heavy atom. The Hall–Kier alpha value is -2.46. The van der Waals surface area contributed by atoms with Crippen LogP contribution in [0.25, 0.3) is 0 Å². The summed E-state index contributed by atoms with van der Waals surface area (Å²) in [7, 11) is -4.99. The van der Waals surface area contributed by atoms with Gasteiger partial charge in [-0.05, 0) is 56.2 Å². The average Bonchev–Trinajstić information content (AvgIpc) is 3.32. The van der Waals surface area contributed by atoms with E-state index >= 15 is 0 Å². The van der Waals surface area contributed by atoms with Gasteiger partial charge in [-0.3, -0.25) is 4.79 Å². The number of halogens is 4. The number of benzene rings is 2. The van der Waals surface area contributed by atoms with Crippen LogP contribution in [-0.4, -0.2) is 34.0 Å². The molecule has 0 unspecified atom stereocenters. The van der Waals surface area contributed by atoms with Crippen LogP contribution in [0.15, 0.2) is 29.2 Å². The number of amides is 1. The van der Waals surface area contributed by atoms with Crippen LogP contribution in [0.5, 0.6) is 5.75 Å². The molecule has 190 valence electrons. The predicted octanol–water partition coefficient (Wildman–Crippen LogP) is 5.44. The van der Waals surface area contributed by atoms with Crippen LogP contribution < -0.4 is 14.4 Å². The smallest absolute Gasteiger partial charge is 0.270 e. The van der Waals surface area contributed by atoms with Gasteiger partial charge >= 0.3 is 0 Å². The number of hydrogen-bond donors (Lipinski definition) is 1. The van der Waals surface area contributed by atoms with Crippen LogP contribution >= 0.6 is 11.6 Å². The maximum Gasteiger partial charge on any atom is 0.270 e. The molecular formula is C24H26ClF3N2O4S. The van der Waals surface area contributed by atoms with Crippen LogP contribution in [-0.2, 0) is 10.0 Å². The molecule has 6 nitrogen and oxygen atoms in total. The van der Waals surface area contributed by atoms with Gasteiger partial charge in [-0.15, -0.1) is 0 Å². The van der Waals surface area contributed by atoms with E-state index in [4.69, 9.17) is 16.3 Å². The van der Waals surface area contributed by atoms with E-state index in [1.54, 1.807) is 4.90 Å². The minimum absolute atomic E-state index is 0.0286. The molecule has 0 spiro atoms. The highest BCUT2D eigenvalue weighted by atomic mass is 35.5. The maximum atomic E-state index is 14.7. The molecule has 1 saturated carbocycles. The first kappa shape index (κ1) is 25.6. The third-order valence-corrected chi connectivity index (χ3v) is 8.09. The van der Waals surface area contributed by atoms with E-state index < -0.39 is 43.8 Å². The van der Waals surface area contributed by atoms with Crippen molar-refractivity contribution < 1.29 is 31.1 Å². The fraction of sp³-hybridized carbons (Fsp3) is 0.458. The second kappa shape index (κ2) is 10.7. The molecule has 1 amide bonds. The van der Waals surface area contributed by atoms with Crippen molar-refractivity contribution in [3.05, 3.63) is 52.3 Å². The van der Waals surface area contributed by atoms with Crippen molar-refractivity contribution in [3.63, 3.8) is 0 Å². The van der Waals surface area contributed by atoms with E-state index in [0.717, 1.165) is 69.2 Å². The fourth-order valence-electron chi connectivity index (χ4n) is 4.56. The van der Waals surface area contributed by atoms with E-state index in [1.807, 2.05) is 0 Å². The monoisotopic (exact) mass is 530 g/mol. The van der Waals surface area contributed by atoms with Gasteiger partial charge in [0, 0.05) is 24.8 Å². The van der Waals surface area contributed by atoms with E-state index in [-0.39, 0.29) is 16.5 Å². The molecule has 2 aromatic rings. The van der Waals surface area contributed by atoms with Crippen molar-refractivity contribution in [2.45, 2.75) is 49.8 Å². The van der Waals surface area contributed by atoms with Gasteiger partial charge in [0.15, 0.2) is 4.90 Å². The van der Waals surface area contributed by atoms with Gasteiger partial charge in [-0.1, -0.05) is 24.4 Å². The number of ether oxygens (including phenoxy) is 1. The number of rotatable bonds is 7. The van der Waals surface area contributed by atoms with Crippen molar-refractivity contribution in [1.29, 1.82) is 0 Å². The summed E-state index contributed by atoms with van der Waals surface area (Å²) in [6.45, 7) is 1.55. The highest BCUT2D eigenvalue weighted by molar-refractivity contribution is 7.90. The SMILES string of the molecule is O=C(NS(=O)(=O)c1c(F)cc(N2CCCCC2)cc1F)c1cc(Cl)c(OCC2CCCC2)cc1F. The minimum atomic E-state index is -4.99. The first-order chi connectivity index (χ1) is 16.7. The molecule has 1 saturated heterocycles. The van der Waals surface area contributed by atoms with Gasteiger partial charge in [0.25, 0.3) is 15.9 Å². The van der Waals surface area contributed by atoms with E-state index in [9.17, 15) is 26.4 Å². The molecule has 0 atom stereocenters. The Kier molecular flexibility index (Phi) is 7.80. The highest BCUT2D eigenvalue weighted by Crippen LogP contribution is 2.32. The molecule has 0 radical (unpaired) electrons. The van der Waals surface area contributed by atoms with Crippen molar-refractivity contribution >= 4 is 33.2 Å². The molecule has 4 rings (SSSR count). The molecule has 0 bridgehead atoms. The van der Waals surface area contributed by atoms with Gasteiger partial charge in [0.2, 0.25) is 0 Å². The third-order valence-electron chi connectivity index (χ3n) is 6.42. The van der Waals surface area contributed by atoms with Crippen LogP contribution in [0.2, 0.25) is 5.02 Å². The first-order valence-corrected chi connectivity index (χ1v) is 13.4. The van der Waals surface area contributed by atoms with Gasteiger partial charge in [0.1, 0.15) is 23.2 Å². The Bertz CT molecular complexity index is 1190. The summed E-state index contributed by atoms with van der Waals surface area (Å²) < 4.78 is 76.5. The summed E-state index contributed by atoms with van der Waals surface area (Å²) in [6, 6.07) is 3.66. The van der Waals surface area contributed by atoms with Crippen LogP contribution in [0.4, 0.5) is 18.9 Å². The lowest BCUT2D eigenvalue weighted by Gasteiger charge is -2.29. The van der Waals surface area contributed by atoms with Gasteiger partial charge < -0.3 is 9.64 Å². The van der Waals surface area contributed by atoms with E-state index in [2.05, 4.69) is 0 Å². The number of sulfonamides is 1. The van der Waals surface area contributed by atoms with Crippen molar-refractivity contribution in [3.8, 4) is 5.75 Å². The van der Waals surface area contributed by atoms with Crippen LogP contribution in [0.3, 0.4) is 0 Å². The summed E-state index contributed by atoms with van der Waals surface area (Å²) in [6.07, 6.45) is 6.94. The molecule has 2 aromatic carbocycles. The second-order valence-corrected chi connectivity index (χ2v) is 11.0. The number of carbonyl (C=O) groups excluding carboxylic acids is 1. The minimum Gasteiger partial charge on any atom is -0.492 e. The Morgan fingerprint density at radius 2 is 1.60 bits per heavy atom. The van der Waals surface area contributed by atoms with E-state index in [1.165, 1.54) is 4.72 Å². The first-order valence-electron chi connectivity index (χ1n) is 11.6. The molecule has 0 aromatic heterocycles. The molecule has 11 heteroatoms. The third kappa shape index (κ3) is 5.86. The predicted molar refractivity (Wildman–Crippen MR) is 126 cm³/mol. The zero-order valence-electron chi connectivity index (χ0n) is 19.0. The number of piperidine rings is 1. The van der Waals surface area contributed by atoms with Gasteiger partial charge in [0.05, 0.1) is 17.2 Å². The fourth-order valence-corrected chi connectivity index (χ4v) is 5.87. The summed E-state index contributed by atoms with van der Waals surface area (Å²) in [5.74, 6) is -4.81. The molecular weight excluding hydrogens is 505 g/mol. The summed E-state index contributed by atoms with van der Waals surface area (Å²) in [4.78, 5) is 13.0. The molecule has 2 fully saturated rings. The highest BCUT2D eigenvalue weighted by Gasteiger charge is 2.30. The van der Waals surface area contributed by atoms with Crippen molar-refractivity contribution in [2.75, 3.05) is 24.6 Å². The second-order valence-electron chi connectivity index (χ2n) is 8.94. The van der Waals surface area contributed by atoms with Gasteiger partial charge in [-0.25, -0.2) is 26.3 Å². The average molecular weight is 531 g/mol. The number of nitrogens with zero attached hydrogens (tertiary/aromatic N) is 1. The molecule has 35 heavy (non-hydrogen) atoms. The van der Waals surface area contributed by atoms with E-state index in [0.29, 0.717) is 25.6 Å². The van der Waals surface area contributed by atoms with Crippen molar-refractivity contribution in [1.82, 2.24) is 4.72 Å². The van der Waals surface area contributed by atoms with Gasteiger partial charge in [-0.2, -0.15) is 0 Å². The summed E-state index contributed by atoms with van der Waals surface area (Å²) in [5.41, 5.74) is -0.478. The quantitative estimate of drug-likeness (QED) is 0.516. The lowest BCUT2D eigenvalue weighted by Crippen LogP contribution is -2.33. The molecule has 2 aliphatic rings. The molecule has 1 heterocycles. The Morgan fingerprint density at radius 1 is 0.971 bits per heavy atom. The van der Waals surface area contributed by atoms with Crippen molar-refractivity contribution in [2.24, 2.45) is 5.92 Å². The standard InChI is InChI=1S/C24H26ClF3N2O4S/c25-18-12-17(19(26)13-22(18)34-14-15-6-2-3-7-15)24(31)29-35(32,33)23-20(27)10-16(11-21(23)28)30-8-4-1-5-9-30/h10-13,15H,1-9,14H2,(H,29,31). The summed E-state index contributed by atoms with van der Waals surface area (Å²) >= 11 is 6.12. The molecule has 1 aliphatic carbocycles. The zero-order chi connectivity index (χ0) is 25.2. The Labute approximate surface area is 207 Å². The largest absolute Gasteiger partial charge is 0.492 e. The topological polar surface area (TPSA) is 75.7 Å².